The molecular formula is C12H26N2O. The molecule has 1 heterocycles. The van der Waals surface area contributed by atoms with Crippen molar-refractivity contribution in [3.8, 4) is 0 Å². The van der Waals surface area contributed by atoms with Gasteiger partial charge in [0.2, 0.25) is 0 Å². The summed E-state index contributed by atoms with van der Waals surface area (Å²) in [5, 5.41) is 12.5. The van der Waals surface area contributed by atoms with Crippen molar-refractivity contribution in [3.05, 3.63) is 0 Å². The zero-order valence-corrected chi connectivity index (χ0v) is 10.2. The summed E-state index contributed by atoms with van der Waals surface area (Å²) in [5.74, 6) is 0.753. The summed E-state index contributed by atoms with van der Waals surface area (Å²) in [6, 6.07) is 0.656. The molecule has 1 fully saturated rings. The summed E-state index contributed by atoms with van der Waals surface area (Å²) in [7, 11) is 0. The summed E-state index contributed by atoms with van der Waals surface area (Å²) in [5.41, 5.74) is 0. The molecule has 0 aromatic rings. The van der Waals surface area contributed by atoms with E-state index in [1.54, 1.807) is 0 Å². The second kappa shape index (κ2) is 7.20. The first-order valence-corrected chi connectivity index (χ1v) is 6.29. The van der Waals surface area contributed by atoms with E-state index >= 15 is 0 Å². The Bertz CT molecular complexity index is 156. The van der Waals surface area contributed by atoms with Gasteiger partial charge in [-0.25, -0.2) is 0 Å². The smallest absolute Gasteiger partial charge is 0.0558 e. The number of hydrogen-bond donors (Lipinski definition) is 2. The molecule has 3 heteroatoms. The SMILES string of the molecule is CC(C)CCN(CCO)CC1CCCN1. The van der Waals surface area contributed by atoms with Gasteiger partial charge in [0.25, 0.3) is 0 Å². The van der Waals surface area contributed by atoms with E-state index in [1.165, 1.54) is 25.8 Å². The maximum atomic E-state index is 9.01. The molecule has 0 aromatic carbocycles. The summed E-state index contributed by atoms with van der Waals surface area (Å²) < 4.78 is 0. The van der Waals surface area contributed by atoms with Crippen LogP contribution in [0.25, 0.3) is 0 Å². The van der Waals surface area contributed by atoms with E-state index in [1.807, 2.05) is 0 Å². The highest BCUT2D eigenvalue weighted by Gasteiger charge is 2.17. The van der Waals surface area contributed by atoms with Gasteiger partial charge in [0.15, 0.2) is 0 Å². The molecule has 0 saturated carbocycles. The van der Waals surface area contributed by atoms with E-state index in [0.29, 0.717) is 6.04 Å². The molecule has 1 atom stereocenters. The van der Waals surface area contributed by atoms with Crippen LogP contribution in [0.15, 0.2) is 0 Å². The molecule has 1 rings (SSSR count). The van der Waals surface area contributed by atoms with E-state index in [0.717, 1.165) is 25.6 Å². The van der Waals surface area contributed by atoms with Gasteiger partial charge in [-0.2, -0.15) is 0 Å². The lowest BCUT2D eigenvalue weighted by Crippen LogP contribution is -2.39. The molecule has 1 aliphatic heterocycles. The fourth-order valence-electron chi connectivity index (χ4n) is 2.10. The van der Waals surface area contributed by atoms with E-state index in [-0.39, 0.29) is 6.61 Å². The quantitative estimate of drug-likeness (QED) is 0.665. The number of nitrogens with one attached hydrogen (secondary N) is 1. The number of aliphatic hydroxyl groups is 1. The molecular weight excluding hydrogens is 188 g/mol. The lowest BCUT2D eigenvalue weighted by Gasteiger charge is -2.25. The van der Waals surface area contributed by atoms with Gasteiger partial charge in [-0.15, -0.1) is 0 Å². The van der Waals surface area contributed by atoms with Crippen molar-refractivity contribution in [2.24, 2.45) is 5.92 Å². The summed E-state index contributed by atoms with van der Waals surface area (Å²) in [6.07, 6.45) is 3.83. The fraction of sp³-hybridized carbons (Fsp3) is 1.00. The maximum absolute atomic E-state index is 9.01. The highest BCUT2D eigenvalue weighted by Crippen LogP contribution is 2.08. The molecule has 1 saturated heterocycles. The Morgan fingerprint density at radius 3 is 2.73 bits per heavy atom. The Morgan fingerprint density at radius 1 is 1.40 bits per heavy atom. The zero-order valence-electron chi connectivity index (χ0n) is 10.2. The third kappa shape index (κ3) is 5.50. The highest BCUT2D eigenvalue weighted by atomic mass is 16.3. The van der Waals surface area contributed by atoms with Crippen LogP contribution in [-0.4, -0.2) is 48.8 Å². The fourth-order valence-corrected chi connectivity index (χ4v) is 2.10. The third-order valence-corrected chi connectivity index (χ3v) is 3.08. The normalized spacial score (nSPS) is 21.8. The molecule has 0 spiro atoms. The average Bonchev–Trinajstić information content (AvgIpc) is 2.67. The lowest BCUT2D eigenvalue weighted by atomic mass is 10.1. The van der Waals surface area contributed by atoms with Crippen molar-refractivity contribution in [3.63, 3.8) is 0 Å². The van der Waals surface area contributed by atoms with Gasteiger partial charge in [-0.3, -0.25) is 4.90 Å². The molecule has 15 heavy (non-hydrogen) atoms. The minimum absolute atomic E-state index is 0.283. The van der Waals surface area contributed by atoms with Crippen molar-refractivity contribution in [1.29, 1.82) is 0 Å². The van der Waals surface area contributed by atoms with E-state index in [9.17, 15) is 0 Å². The minimum atomic E-state index is 0.283. The monoisotopic (exact) mass is 214 g/mol. The summed E-state index contributed by atoms with van der Waals surface area (Å²) >= 11 is 0. The van der Waals surface area contributed by atoms with Crippen LogP contribution in [0.4, 0.5) is 0 Å². The van der Waals surface area contributed by atoms with Crippen LogP contribution in [0.5, 0.6) is 0 Å². The largest absolute Gasteiger partial charge is 0.395 e. The second-order valence-corrected chi connectivity index (χ2v) is 5.00. The van der Waals surface area contributed by atoms with Crippen molar-refractivity contribution in [2.75, 3.05) is 32.8 Å². The van der Waals surface area contributed by atoms with Crippen LogP contribution in [0.3, 0.4) is 0 Å². The topological polar surface area (TPSA) is 35.5 Å². The number of nitrogens with zero attached hydrogens (tertiary/aromatic N) is 1. The predicted molar refractivity (Wildman–Crippen MR) is 64.0 cm³/mol. The zero-order chi connectivity index (χ0) is 11.1. The van der Waals surface area contributed by atoms with Crippen molar-refractivity contribution < 1.29 is 5.11 Å². The molecule has 0 amide bonds. The number of hydrogen-bond acceptors (Lipinski definition) is 3. The molecule has 2 N–H and O–H groups in total. The Hall–Kier alpha value is -0.120. The van der Waals surface area contributed by atoms with Crippen LogP contribution in [0, 0.1) is 5.92 Å². The number of rotatable bonds is 7. The second-order valence-electron chi connectivity index (χ2n) is 5.00. The standard InChI is InChI=1S/C12H26N2O/c1-11(2)5-7-14(8-9-15)10-12-4-3-6-13-12/h11-13,15H,3-10H2,1-2H3. The van der Waals surface area contributed by atoms with Gasteiger partial charge >= 0.3 is 0 Å². The Kier molecular flexibility index (Phi) is 6.22. The van der Waals surface area contributed by atoms with Crippen LogP contribution in [0.2, 0.25) is 0 Å². The molecule has 0 bridgehead atoms. The molecule has 3 nitrogen and oxygen atoms in total. The maximum Gasteiger partial charge on any atom is 0.0558 e. The van der Waals surface area contributed by atoms with Gasteiger partial charge < -0.3 is 10.4 Å². The first-order valence-electron chi connectivity index (χ1n) is 6.29. The molecule has 1 aliphatic rings. The van der Waals surface area contributed by atoms with Gasteiger partial charge in [-0.1, -0.05) is 13.8 Å². The van der Waals surface area contributed by atoms with Crippen molar-refractivity contribution in [2.45, 2.75) is 39.2 Å². The van der Waals surface area contributed by atoms with Crippen LogP contribution < -0.4 is 5.32 Å². The van der Waals surface area contributed by atoms with Gasteiger partial charge in [0, 0.05) is 19.1 Å². The Balaban J connectivity index is 2.22. The van der Waals surface area contributed by atoms with Gasteiger partial charge in [0.05, 0.1) is 6.61 Å². The molecule has 0 radical (unpaired) electrons. The lowest BCUT2D eigenvalue weighted by molar-refractivity contribution is 0.178. The Labute approximate surface area is 93.9 Å². The van der Waals surface area contributed by atoms with Crippen LogP contribution >= 0.6 is 0 Å². The van der Waals surface area contributed by atoms with Gasteiger partial charge in [-0.05, 0) is 38.3 Å². The first-order chi connectivity index (χ1) is 7.22. The van der Waals surface area contributed by atoms with Crippen molar-refractivity contribution in [1.82, 2.24) is 10.2 Å². The Morgan fingerprint density at radius 2 is 2.20 bits per heavy atom. The third-order valence-electron chi connectivity index (χ3n) is 3.08. The molecule has 0 aromatic heterocycles. The van der Waals surface area contributed by atoms with E-state index in [2.05, 4.69) is 24.1 Å². The van der Waals surface area contributed by atoms with E-state index < -0.39 is 0 Å². The highest BCUT2D eigenvalue weighted by molar-refractivity contribution is 4.77. The van der Waals surface area contributed by atoms with Crippen LogP contribution in [-0.2, 0) is 0 Å². The van der Waals surface area contributed by atoms with Crippen molar-refractivity contribution >= 4 is 0 Å². The van der Waals surface area contributed by atoms with Crippen LogP contribution in [0.1, 0.15) is 33.1 Å². The summed E-state index contributed by atoms with van der Waals surface area (Å²) in [6.45, 7) is 9.01. The molecule has 1 unspecified atom stereocenters. The predicted octanol–water partition coefficient (Wildman–Crippen LogP) is 1.08. The van der Waals surface area contributed by atoms with Gasteiger partial charge in [0.1, 0.15) is 0 Å². The number of aliphatic hydroxyl groups excluding tert-OH is 1. The first kappa shape index (κ1) is 12.9. The molecule has 0 aliphatic carbocycles. The molecule has 90 valence electrons. The minimum Gasteiger partial charge on any atom is -0.395 e. The van der Waals surface area contributed by atoms with E-state index in [4.69, 9.17) is 5.11 Å². The average molecular weight is 214 g/mol. The summed E-state index contributed by atoms with van der Waals surface area (Å²) in [4.78, 5) is 2.39.